The number of likely N-dealkylation sites (N-methyl/N-ethyl adjacent to an activating group) is 1. The zero-order valence-corrected chi connectivity index (χ0v) is 34.9. The molecule has 12 nitrogen and oxygen atoms in total. The van der Waals surface area contributed by atoms with Gasteiger partial charge in [0.15, 0.2) is 0 Å². The van der Waals surface area contributed by atoms with Crippen molar-refractivity contribution in [2.24, 2.45) is 0 Å². The van der Waals surface area contributed by atoms with Crippen molar-refractivity contribution in [2.45, 2.75) is 100 Å². The number of carbonyl (C=O) groups excluding carboxylic acids is 1. The fourth-order valence-corrected chi connectivity index (χ4v) is 9.67. The summed E-state index contributed by atoms with van der Waals surface area (Å²) in [5, 5.41) is 16.8. The first-order chi connectivity index (χ1) is 27.4. The van der Waals surface area contributed by atoms with Crippen LogP contribution in [0.15, 0.2) is 59.8 Å². The van der Waals surface area contributed by atoms with E-state index in [2.05, 4.69) is 54.8 Å². The summed E-state index contributed by atoms with van der Waals surface area (Å²) in [5.41, 5.74) is 1.81. The van der Waals surface area contributed by atoms with Crippen LogP contribution in [0.2, 0.25) is 5.02 Å². The highest BCUT2D eigenvalue weighted by Crippen LogP contribution is 2.38. The molecule has 58 heavy (non-hydrogen) atoms. The van der Waals surface area contributed by atoms with E-state index in [0.29, 0.717) is 35.7 Å². The second-order valence-corrected chi connectivity index (χ2v) is 18.3. The van der Waals surface area contributed by atoms with Gasteiger partial charge in [-0.05, 0) is 101 Å². The van der Waals surface area contributed by atoms with Crippen molar-refractivity contribution in [3.8, 4) is 0 Å². The van der Waals surface area contributed by atoms with E-state index in [1.54, 1.807) is 19.9 Å². The number of alkyl halides is 3. The Balaban J connectivity index is 0.000000220. The molecule has 0 radical (unpaired) electrons. The summed E-state index contributed by atoms with van der Waals surface area (Å²) in [6.45, 7) is 11.6. The van der Waals surface area contributed by atoms with E-state index in [1.165, 1.54) is 17.0 Å². The first kappa shape index (κ1) is 43.6. The molecule has 3 saturated heterocycles. The molecular formula is C41H54ClF3N8O4S. The fourth-order valence-electron chi connectivity index (χ4n) is 7.98. The maximum atomic E-state index is 13.7. The molecule has 316 valence electrons. The summed E-state index contributed by atoms with van der Waals surface area (Å²) in [5.74, 6) is -0.513. The highest BCUT2D eigenvalue weighted by atomic mass is 35.5. The molecule has 4 heterocycles. The van der Waals surface area contributed by atoms with Crippen LogP contribution in [-0.4, -0.2) is 92.3 Å². The minimum absolute atomic E-state index is 0.00509. The number of benzene rings is 2. The van der Waals surface area contributed by atoms with Crippen LogP contribution in [0.4, 0.5) is 36.3 Å². The molecule has 2 aromatic carbocycles. The Hall–Kier alpha value is -3.96. The molecule has 0 spiro atoms. The molecule has 17 heteroatoms. The SMILES string of the molecule is C=C1CCC(c2ccc(N3CCN(C)CC3)cc2Cl)C(=O)N1.Cc1cc(S(=O)(=O)NC2CCCCC2)ccc1Nc1ncc(C(F)(F)F)c(N2CCC[C@](C)(O)C2)n1. The minimum Gasteiger partial charge on any atom is -0.388 e. The summed E-state index contributed by atoms with van der Waals surface area (Å²) >= 11 is 6.47. The van der Waals surface area contributed by atoms with Gasteiger partial charge in [0.05, 0.1) is 16.4 Å². The van der Waals surface area contributed by atoms with Gasteiger partial charge in [-0.25, -0.2) is 18.1 Å². The predicted octanol–water partition coefficient (Wildman–Crippen LogP) is 7.11. The van der Waals surface area contributed by atoms with Crippen LogP contribution < -0.4 is 25.2 Å². The normalized spacial score (nSPS) is 22.6. The highest BCUT2D eigenvalue weighted by molar-refractivity contribution is 7.89. The Morgan fingerprint density at radius 2 is 1.72 bits per heavy atom. The number of amides is 1. The summed E-state index contributed by atoms with van der Waals surface area (Å²) in [7, 11) is -1.55. The van der Waals surface area contributed by atoms with Gasteiger partial charge >= 0.3 is 6.18 Å². The number of halogens is 4. The van der Waals surface area contributed by atoms with E-state index in [0.717, 1.165) is 94.3 Å². The first-order valence-electron chi connectivity index (χ1n) is 19.9. The van der Waals surface area contributed by atoms with E-state index in [4.69, 9.17) is 11.6 Å². The molecule has 3 aliphatic heterocycles. The number of hydrogen-bond acceptors (Lipinski definition) is 10. The minimum atomic E-state index is -4.66. The maximum absolute atomic E-state index is 13.7. The van der Waals surface area contributed by atoms with Crippen LogP contribution >= 0.6 is 11.6 Å². The predicted molar refractivity (Wildman–Crippen MR) is 221 cm³/mol. The summed E-state index contributed by atoms with van der Waals surface area (Å²) in [4.78, 5) is 26.4. The van der Waals surface area contributed by atoms with Crippen LogP contribution in [0.1, 0.15) is 87.3 Å². The average Bonchev–Trinajstić information content (AvgIpc) is 3.16. The van der Waals surface area contributed by atoms with Crippen LogP contribution in [0.3, 0.4) is 0 Å². The lowest BCUT2D eigenvalue weighted by atomic mass is 9.89. The number of nitrogens with zero attached hydrogens (tertiary/aromatic N) is 5. The number of piperazine rings is 1. The monoisotopic (exact) mass is 846 g/mol. The Kier molecular flexibility index (Phi) is 13.6. The summed E-state index contributed by atoms with van der Waals surface area (Å²) < 4.78 is 69.5. The maximum Gasteiger partial charge on any atom is 0.421 e. The van der Waals surface area contributed by atoms with Gasteiger partial charge in [0.25, 0.3) is 0 Å². The van der Waals surface area contributed by atoms with E-state index in [9.17, 15) is 31.5 Å². The molecule has 1 aliphatic carbocycles. The van der Waals surface area contributed by atoms with Gasteiger partial charge in [-0.3, -0.25) is 4.79 Å². The number of sulfonamides is 1. The van der Waals surface area contributed by atoms with Crippen molar-refractivity contribution >= 4 is 50.7 Å². The lowest BCUT2D eigenvalue weighted by Gasteiger charge is -2.38. The van der Waals surface area contributed by atoms with Gasteiger partial charge in [0.2, 0.25) is 21.9 Å². The smallest absolute Gasteiger partial charge is 0.388 e. The molecule has 4 aliphatic rings. The summed E-state index contributed by atoms with van der Waals surface area (Å²) in [6.07, 6.45) is 3.43. The second-order valence-electron chi connectivity index (χ2n) is 16.2. The molecule has 1 aromatic heterocycles. The van der Waals surface area contributed by atoms with Gasteiger partial charge in [-0.15, -0.1) is 0 Å². The molecule has 4 fully saturated rings. The molecule has 1 amide bonds. The van der Waals surface area contributed by atoms with E-state index in [1.807, 2.05) is 12.1 Å². The molecule has 7 rings (SSSR count). The second kappa shape index (κ2) is 18.1. The van der Waals surface area contributed by atoms with Crippen molar-refractivity contribution < 1.29 is 31.5 Å². The van der Waals surface area contributed by atoms with Crippen LogP contribution in [0.25, 0.3) is 0 Å². The number of aryl methyl sites for hydroxylation is 1. The number of aromatic nitrogens is 2. The van der Waals surface area contributed by atoms with Gasteiger partial charge in [-0.2, -0.15) is 18.2 Å². The Labute approximate surface area is 344 Å². The van der Waals surface area contributed by atoms with E-state index < -0.39 is 27.4 Å². The van der Waals surface area contributed by atoms with E-state index in [-0.39, 0.29) is 41.1 Å². The molecule has 0 bridgehead atoms. The third kappa shape index (κ3) is 11.0. The number of piperidine rings is 2. The quantitative estimate of drug-likeness (QED) is 0.185. The lowest BCUT2D eigenvalue weighted by Crippen LogP contribution is -2.47. The molecule has 3 aromatic rings. The van der Waals surface area contributed by atoms with Crippen LogP contribution in [0, 0.1) is 6.92 Å². The number of β-amino-alcohol motifs (C(OH)–C–C–N with tert-alkyl or cyclic N) is 1. The van der Waals surface area contributed by atoms with Gasteiger partial charge in [0, 0.05) is 73.6 Å². The van der Waals surface area contributed by atoms with E-state index >= 15 is 0 Å². The zero-order valence-electron chi connectivity index (χ0n) is 33.3. The first-order valence-corrected chi connectivity index (χ1v) is 21.8. The number of carbonyl (C=O) groups is 1. The number of nitrogens with one attached hydrogen (secondary N) is 3. The zero-order chi connectivity index (χ0) is 41.8. The topological polar surface area (TPSA) is 143 Å². The van der Waals surface area contributed by atoms with Crippen LogP contribution in [-0.2, 0) is 21.0 Å². The number of hydrogen-bond donors (Lipinski definition) is 4. The van der Waals surface area contributed by atoms with Crippen LogP contribution in [0.5, 0.6) is 0 Å². The number of allylic oxidation sites excluding steroid dienone is 1. The number of anilines is 4. The van der Waals surface area contributed by atoms with Crippen molar-refractivity contribution in [3.63, 3.8) is 0 Å². The van der Waals surface area contributed by atoms with Crippen molar-refractivity contribution in [3.05, 3.63) is 76.6 Å². The average molecular weight is 847 g/mol. The Bertz CT molecular complexity index is 2070. The molecule has 2 atom stereocenters. The lowest BCUT2D eigenvalue weighted by molar-refractivity contribution is -0.137. The Morgan fingerprint density at radius 1 is 1.00 bits per heavy atom. The molecule has 1 saturated carbocycles. The van der Waals surface area contributed by atoms with Crippen molar-refractivity contribution in [1.82, 2.24) is 24.9 Å². The van der Waals surface area contributed by atoms with Gasteiger partial charge in [-0.1, -0.05) is 43.5 Å². The molecule has 1 unspecified atom stereocenters. The highest BCUT2D eigenvalue weighted by Gasteiger charge is 2.39. The number of rotatable bonds is 8. The standard InChI is InChI=1S/C24H32F3N5O3S.C17H22ClN3O/c1-16-13-18(36(34,35)31-17-7-4-3-5-8-17)9-10-20(16)29-22-28-14-19(24(25,26)27)21(30-22)32-12-6-11-23(2,33)15-32;1-12-3-5-15(17(22)19-12)14-6-4-13(11-16(14)18)21-9-7-20(2)8-10-21/h9-10,13-14,17,31,33H,3-8,11-12,15H2,1-2H3,(H,28,29,30);4,6,11,15H,1,3,5,7-10H2,2H3,(H,19,22)/t23-;/m0./s1. The molecule has 4 N–H and O–H groups in total. The third-order valence-electron chi connectivity index (χ3n) is 11.3. The Morgan fingerprint density at radius 3 is 2.36 bits per heavy atom. The fraction of sp³-hybridized carbons (Fsp3) is 0.537. The van der Waals surface area contributed by atoms with Crippen molar-refractivity contribution in [1.29, 1.82) is 0 Å². The number of aliphatic hydroxyl groups is 1. The van der Waals surface area contributed by atoms with Gasteiger partial charge < -0.3 is 30.4 Å². The van der Waals surface area contributed by atoms with Gasteiger partial charge in [0.1, 0.15) is 11.4 Å². The third-order valence-corrected chi connectivity index (χ3v) is 13.2. The van der Waals surface area contributed by atoms with Crippen molar-refractivity contribution in [2.75, 3.05) is 61.4 Å². The summed E-state index contributed by atoms with van der Waals surface area (Å²) in [6, 6.07) is 10.5. The largest absolute Gasteiger partial charge is 0.421 e. The molecular weight excluding hydrogens is 793 g/mol.